The van der Waals surface area contributed by atoms with E-state index in [-0.39, 0.29) is 28.6 Å². The van der Waals surface area contributed by atoms with Gasteiger partial charge in [0.2, 0.25) is 0 Å². The predicted molar refractivity (Wildman–Crippen MR) is 205 cm³/mol. The summed E-state index contributed by atoms with van der Waals surface area (Å²) < 4.78 is 6.75. The fourth-order valence-electron chi connectivity index (χ4n) is 12.6. The van der Waals surface area contributed by atoms with Gasteiger partial charge in [-0.25, -0.2) is 4.79 Å². The van der Waals surface area contributed by atoms with Crippen LogP contribution >= 0.6 is 0 Å². The first-order valence-electron chi connectivity index (χ1n) is 20.3. The Hall–Kier alpha value is -3.70. The summed E-state index contributed by atoms with van der Waals surface area (Å²) in [5.74, 6) is 2.60. The minimum atomic E-state index is -0.595. The first-order chi connectivity index (χ1) is 25.1. The van der Waals surface area contributed by atoms with E-state index in [0.29, 0.717) is 24.9 Å². The largest absolute Gasteiger partial charge is 0.440 e. The van der Waals surface area contributed by atoms with Gasteiger partial charge in [0.15, 0.2) is 5.78 Å². The fraction of sp³-hybridized carbons (Fsp3) is 0.532. The van der Waals surface area contributed by atoms with Crippen LogP contribution in [0.5, 0.6) is 0 Å². The lowest BCUT2D eigenvalue weighted by atomic mass is 9.49. The second-order valence-corrected chi connectivity index (χ2v) is 18.3. The second-order valence-electron chi connectivity index (χ2n) is 18.3. The van der Waals surface area contributed by atoms with Crippen molar-refractivity contribution in [1.82, 2.24) is 4.90 Å². The van der Waals surface area contributed by atoms with Gasteiger partial charge < -0.3 is 14.7 Å². The quantitative estimate of drug-likeness (QED) is 0.213. The molecule has 7 aliphatic carbocycles. The van der Waals surface area contributed by atoms with Gasteiger partial charge in [-0.15, -0.1) is 0 Å². The molecule has 11 rings (SSSR count). The highest BCUT2D eigenvalue weighted by atomic mass is 16.6. The molecule has 5 saturated carbocycles. The van der Waals surface area contributed by atoms with Crippen molar-refractivity contribution in [1.29, 1.82) is 0 Å². The summed E-state index contributed by atoms with van der Waals surface area (Å²) in [7, 11) is 0. The lowest BCUT2D eigenvalue weighted by molar-refractivity contribution is -0.0641. The Morgan fingerprint density at radius 3 is 2.29 bits per heavy atom. The number of hydrogen-bond donors (Lipinski definition) is 1. The smallest absolute Gasteiger partial charge is 0.410 e. The molecular formula is C47H55NO4. The molecule has 0 aromatic heterocycles. The third kappa shape index (κ3) is 5.96. The van der Waals surface area contributed by atoms with E-state index in [4.69, 9.17) is 4.74 Å². The second kappa shape index (κ2) is 13.0. The van der Waals surface area contributed by atoms with E-state index in [1.165, 1.54) is 44.1 Å². The maximum atomic E-state index is 14.7. The highest BCUT2D eigenvalue weighted by molar-refractivity contribution is 6.10. The Morgan fingerprint density at radius 1 is 0.885 bits per heavy atom. The van der Waals surface area contributed by atoms with Crippen molar-refractivity contribution in [2.75, 3.05) is 13.1 Å². The van der Waals surface area contributed by atoms with Crippen LogP contribution in [0.1, 0.15) is 124 Å². The highest BCUT2D eigenvalue weighted by Crippen LogP contribution is 2.64. The van der Waals surface area contributed by atoms with Crippen molar-refractivity contribution in [3.63, 3.8) is 0 Å². The number of benzene rings is 3. The Bertz CT molecular complexity index is 1840. The molecule has 272 valence electrons. The van der Waals surface area contributed by atoms with Crippen molar-refractivity contribution in [3.8, 4) is 11.1 Å². The van der Waals surface area contributed by atoms with E-state index in [2.05, 4.69) is 55.2 Å². The molecule has 52 heavy (non-hydrogen) atoms. The molecule has 5 heteroatoms. The van der Waals surface area contributed by atoms with E-state index in [1.54, 1.807) is 0 Å². The van der Waals surface area contributed by atoms with Gasteiger partial charge in [-0.2, -0.15) is 0 Å². The van der Waals surface area contributed by atoms with Gasteiger partial charge in [0.05, 0.1) is 12.6 Å². The number of carbonyl (C=O) groups excluding carboxylic acids is 2. The van der Waals surface area contributed by atoms with Gasteiger partial charge in [-0.3, -0.25) is 4.79 Å². The zero-order valence-electron chi connectivity index (χ0n) is 31.1. The summed E-state index contributed by atoms with van der Waals surface area (Å²) in [6.07, 6.45) is 15.3. The molecule has 0 radical (unpaired) electrons. The number of fused-ring (bicyclic) bond motifs is 8. The molecule has 8 aliphatic rings. The third-order valence-electron chi connectivity index (χ3n) is 14.8. The third-order valence-corrected chi connectivity index (χ3v) is 14.8. The van der Waals surface area contributed by atoms with Gasteiger partial charge in [-0.05, 0) is 148 Å². The Morgan fingerprint density at radius 2 is 1.58 bits per heavy atom. The van der Waals surface area contributed by atoms with Crippen LogP contribution in [0.3, 0.4) is 0 Å². The molecule has 4 atom stereocenters. The molecule has 1 heterocycles. The number of amides is 1. The first kappa shape index (κ1) is 34.1. The van der Waals surface area contributed by atoms with Crippen LogP contribution in [0, 0.1) is 28.6 Å². The van der Waals surface area contributed by atoms with E-state index in [9.17, 15) is 14.7 Å². The number of hydrogen-bond acceptors (Lipinski definition) is 4. The normalized spacial score (nSPS) is 35.4. The molecule has 1 aliphatic heterocycles. The lowest BCUT2D eigenvalue weighted by Gasteiger charge is -2.57. The van der Waals surface area contributed by atoms with Crippen LogP contribution in [-0.4, -0.2) is 46.7 Å². The maximum absolute atomic E-state index is 14.7. The van der Waals surface area contributed by atoms with Crippen LogP contribution in [0.2, 0.25) is 0 Å². The van der Waals surface area contributed by atoms with Gasteiger partial charge >= 0.3 is 6.09 Å². The van der Waals surface area contributed by atoms with E-state index >= 15 is 0 Å². The van der Waals surface area contributed by atoms with Crippen LogP contribution in [0.25, 0.3) is 11.1 Å². The van der Waals surface area contributed by atoms with Gasteiger partial charge in [-0.1, -0.05) is 85.3 Å². The Labute approximate surface area is 309 Å². The fourth-order valence-corrected chi connectivity index (χ4v) is 12.6. The Kier molecular flexibility index (Phi) is 8.53. The van der Waals surface area contributed by atoms with Crippen LogP contribution < -0.4 is 0 Å². The van der Waals surface area contributed by atoms with Gasteiger partial charge in [0.25, 0.3) is 0 Å². The number of aliphatic hydroxyl groups is 1. The van der Waals surface area contributed by atoms with E-state index in [1.807, 2.05) is 42.5 Å². The zero-order valence-corrected chi connectivity index (χ0v) is 31.1. The number of aliphatic hydroxyl groups excluding tert-OH is 1. The molecule has 3 aromatic carbocycles. The Balaban J connectivity index is 1.07. The van der Waals surface area contributed by atoms with Crippen molar-refractivity contribution >= 4 is 11.9 Å². The lowest BCUT2D eigenvalue weighted by Crippen LogP contribution is -2.52. The van der Waals surface area contributed by atoms with Crippen molar-refractivity contribution in [2.24, 2.45) is 28.6 Å². The molecule has 1 saturated heterocycles. The van der Waals surface area contributed by atoms with E-state index in [0.717, 1.165) is 84.2 Å². The summed E-state index contributed by atoms with van der Waals surface area (Å²) in [6.45, 7) is 6.04. The van der Waals surface area contributed by atoms with Crippen molar-refractivity contribution < 1.29 is 19.4 Å². The molecule has 1 N–H and O–H groups in total. The standard InChI is InChI=1S/C47H55NO4/c1-31-7-6-19-45(2)42(18-20-47(45)30-48(44(51)52-47)29-46-26-33-21-34(27-46)23-35(22-33)28-46)40-17-11-32(24-39(49)16-10-31)25-41(40)43(50)38-14-12-37(13-15-38)36-8-4-3-5-9-36/h3-5,7-9,11-15,17,25,33-35,39,42,49H,6,10,16,18-24,26-30H2,1-2H3/t33?,34?,35?,39-,42+,45+,46?,47-/m1/s1. The number of rotatable bonds is 5. The minimum Gasteiger partial charge on any atom is -0.440 e. The van der Waals surface area contributed by atoms with Crippen LogP contribution in [0.15, 0.2) is 84.4 Å². The monoisotopic (exact) mass is 697 g/mol. The molecule has 3 aromatic rings. The molecule has 6 bridgehead atoms. The van der Waals surface area contributed by atoms with Gasteiger partial charge in [0, 0.05) is 23.1 Å². The SMILES string of the molecule is CC1=CCC[C@@]2(C)[C@@H](CC[C@@]23CN(CC24CC5CC(CC(C5)C2)C4)C(=O)O3)c2ccc(cc2C(=O)c2ccc(-c3ccccc3)cc2)C[C@H](O)CC1. The first-order valence-corrected chi connectivity index (χ1v) is 20.3. The summed E-state index contributed by atoms with van der Waals surface area (Å²) in [5.41, 5.74) is 6.26. The molecule has 0 unspecified atom stereocenters. The number of ketones is 1. The van der Waals surface area contributed by atoms with Crippen LogP contribution in [-0.2, 0) is 11.2 Å². The minimum absolute atomic E-state index is 0.0175. The van der Waals surface area contributed by atoms with Gasteiger partial charge in [0.1, 0.15) is 5.60 Å². The number of ether oxygens (including phenoxy) is 1. The van der Waals surface area contributed by atoms with E-state index < -0.39 is 11.7 Å². The summed E-state index contributed by atoms with van der Waals surface area (Å²) >= 11 is 0. The zero-order chi connectivity index (χ0) is 35.7. The predicted octanol–water partition coefficient (Wildman–Crippen LogP) is 10.3. The summed E-state index contributed by atoms with van der Waals surface area (Å²) in [6, 6.07) is 24.6. The average molecular weight is 698 g/mol. The molecular weight excluding hydrogens is 643 g/mol. The molecule has 5 nitrogen and oxygen atoms in total. The number of allylic oxidation sites excluding steroid dienone is 2. The van der Waals surface area contributed by atoms with Crippen LogP contribution in [0.4, 0.5) is 4.79 Å². The number of carbonyl (C=O) groups is 2. The maximum Gasteiger partial charge on any atom is 0.410 e. The topological polar surface area (TPSA) is 66.8 Å². The molecule has 1 spiro atoms. The van der Waals surface area contributed by atoms with Crippen molar-refractivity contribution in [2.45, 2.75) is 115 Å². The summed E-state index contributed by atoms with van der Waals surface area (Å²) in [4.78, 5) is 30.8. The van der Waals surface area contributed by atoms with Crippen molar-refractivity contribution in [3.05, 3.63) is 107 Å². The molecule has 6 fully saturated rings. The highest BCUT2D eigenvalue weighted by Gasteiger charge is 2.65. The average Bonchev–Trinajstić information content (AvgIpc) is 3.59. The molecule has 1 amide bonds. The number of nitrogens with zero attached hydrogens (tertiary/aromatic N) is 1. The summed E-state index contributed by atoms with van der Waals surface area (Å²) in [5, 5.41) is 11.0.